The van der Waals surface area contributed by atoms with Gasteiger partial charge in [0, 0.05) is 18.4 Å². The van der Waals surface area contributed by atoms with Gasteiger partial charge in [-0.15, -0.1) is 0 Å². The molecule has 0 aliphatic carbocycles. The fraction of sp³-hybridized carbons (Fsp3) is 0.278. The zero-order valence-electron chi connectivity index (χ0n) is 13.0. The third kappa shape index (κ3) is 3.39. The van der Waals surface area contributed by atoms with E-state index < -0.39 is 5.92 Å². The zero-order valence-corrected chi connectivity index (χ0v) is 13.0. The Morgan fingerprint density at radius 1 is 1.30 bits per heavy atom. The maximum absolute atomic E-state index is 12.5. The van der Waals surface area contributed by atoms with Crippen molar-refractivity contribution in [1.82, 2.24) is 10.3 Å². The van der Waals surface area contributed by atoms with Crippen molar-refractivity contribution in [3.05, 3.63) is 59.9 Å². The maximum atomic E-state index is 12.5. The number of anilines is 1. The predicted octanol–water partition coefficient (Wildman–Crippen LogP) is 2.06. The summed E-state index contributed by atoms with van der Waals surface area (Å²) in [6, 6.07) is 13.3. The largest absolute Gasteiger partial charge is 0.350 e. The molecule has 0 unspecified atom stereocenters. The molecule has 0 saturated carbocycles. The molecule has 2 heterocycles. The first-order chi connectivity index (χ1) is 11.1. The Morgan fingerprint density at radius 3 is 2.91 bits per heavy atom. The van der Waals surface area contributed by atoms with E-state index in [0.717, 1.165) is 16.9 Å². The Labute approximate surface area is 135 Å². The zero-order chi connectivity index (χ0) is 16.2. The van der Waals surface area contributed by atoms with Crippen LogP contribution in [0.4, 0.5) is 5.69 Å². The van der Waals surface area contributed by atoms with E-state index >= 15 is 0 Å². The number of hydrogen-bond acceptors (Lipinski definition) is 3. The number of benzene rings is 1. The number of hydrogen-bond donors (Lipinski definition) is 1. The molecule has 1 saturated heterocycles. The lowest BCUT2D eigenvalue weighted by molar-refractivity contribution is -0.132. The van der Waals surface area contributed by atoms with Crippen molar-refractivity contribution in [2.75, 3.05) is 11.4 Å². The molecular weight excluding hydrogens is 290 g/mol. The highest BCUT2D eigenvalue weighted by molar-refractivity contribution is 6.09. The summed E-state index contributed by atoms with van der Waals surface area (Å²) in [5.74, 6) is -0.968. The molecule has 2 aromatic rings. The van der Waals surface area contributed by atoms with Crippen LogP contribution in [-0.4, -0.2) is 23.3 Å². The molecule has 1 N–H and O–H groups in total. The summed E-state index contributed by atoms with van der Waals surface area (Å²) < 4.78 is 0. The van der Waals surface area contributed by atoms with Crippen molar-refractivity contribution in [2.24, 2.45) is 5.92 Å². The molecule has 1 fully saturated rings. The first kappa shape index (κ1) is 15.2. The van der Waals surface area contributed by atoms with Gasteiger partial charge in [-0.3, -0.25) is 14.6 Å². The number of nitrogens with zero attached hydrogens (tertiary/aromatic N) is 2. The Kier molecular flexibility index (Phi) is 4.37. The highest BCUT2D eigenvalue weighted by Crippen LogP contribution is 2.26. The summed E-state index contributed by atoms with van der Waals surface area (Å²) in [4.78, 5) is 30.7. The maximum Gasteiger partial charge on any atom is 0.239 e. The smallest absolute Gasteiger partial charge is 0.239 e. The van der Waals surface area contributed by atoms with Crippen LogP contribution in [0.5, 0.6) is 0 Å². The number of rotatable bonds is 4. The molecule has 23 heavy (non-hydrogen) atoms. The fourth-order valence-electron chi connectivity index (χ4n) is 2.78. The lowest BCUT2D eigenvalue weighted by atomic mass is 10.1. The van der Waals surface area contributed by atoms with Gasteiger partial charge in [0.05, 0.1) is 12.2 Å². The molecule has 0 bridgehead atoms. The fourth-order valence-corrected chi connectivity index (χ4v) is 2.78. The normalized spacial score (nSPS) is 17.3. The van der Waals surface area contributed by atoms with E-state index in [1.807, 2.05) is 49.4 Å². The molecule has 5 heteroatoms. The van der Waals surface area contributed by atoms with Crippen molar-refractivity contribution in [3.63, 3.8) is 0 Å². The number of nitrogens with one attached hydrogen (secondary N) is 1. The summed E-state index contributed by atoms with van der Waals surface area (Å²) in [6.07, 6.45) is 2.22. The van der Waals surface area contributed by atoms with Crippen LogP contribution in [0.2, 0.25) is 0 Å². The summed E-state index contributed by atoms with van der Waals surface area (Å²) in [6.45, 7) is 2.90. The lowest BCUT2D eigenvalue weighted by Crippen LogP contribution is -2.36. The van der Waals surface area contributed by atoms with Crippen LogP contribution in [0.25, 0.3) is 0 Å². The van der Waals surface area contributed by atoms with Gasteiger partial charge in [0.1, 0.15) is 5.92 Å². The van der Waals surface area contributed by atoms with Gasteiger partial charge in [-0.05, 0) is 43.2 Å². The third-order valence-electron chi connectivity index (χ3n) is 4.01. The third-order valence-corrected chi connectivity index (χ3v) is 4.01. The molecule has 1 aliphatic rings. The molecule has 2 amide bonds. The summed E-state index contributed by atoms with van der Waals surface area (Å²) in [5.41, 5.74) is 2.73. The van der Waals surface area contributed by atoms with Crippen molar-refractivity contribution >= 4 is 17.5 Å². The predicted molar refractivity (Wildman–Crippen MR) is 87.7 cm³/mol. The average molecular weight is 309 g/mol. The van der Waals surface area contributed by atoms with Crippen LogP contribution >= 0.6 is 0 Å². The van der Waals surface area contributed by atoms with Crippen molar-refractivity contribution in [2.45, 2.75) is 19.9 Å². The molecule has 0 radical (unpaired) electrons. The SMILES string of the molecule is Cc1cccc(N2CC[C@@H](C(=O)NCc3ccccn3)C2=O)c1. The summed E-state index contributed by atoms with van der Waals surface area (Å²) in [5, 5.41) is 2.81. The minimum atomic E-state index is -0.612. The van der Waals surface area contributed by atoms with E-state index in [2.05, 4.69) is 10.3 Å². The minimum Gasteiger partial charge on any atom is -0.350 e. The topological polar surface area (TPSA) is 62.3 Å². The van der Waals surface area contributed by atoms with Gasteiger partial charge in [-0.25, -0.2) is 0 Å². The van der Waals surface area contributed by atoms with Crippen LogP contribution in [0.15, 0.2) is 48.7 Å². The van der Waals surface area contributed by atoms with Crippen molar-refractivity contribution in [3.8, 4) is 0 Å². The van der Waals surface area contributed by atoms with Crippen molar-refractivity contribution < 1.29 is 9.59 Å². The van der Waals surface area contributed by atoms with E-state index in [9.17, 15) is 9.59 Å². The van der Waals surface area contributed by atoms with Gasteiger partial charge in [0.2, 0.25) is 11.8 Å². The first-order valence-electron chi connectivity index (χ1n) is 7.71. The van der Waals surface area contributed by atoms with Gasteiger partial charge in [0.15, 0.2) is 0 Å². The molecule has 1 atom stereocenters. The number of pyridine rings is 1. The van der Waals surface area contributed by atoms with E-state index in [1.54, 1.807) is 11.1 Å². The molecule has 5 nitrogen and oxygen atoms in total. The second-order valence-corrected chi connectivity index (χ2v) is 5.71. The molecular formula is C18H19N3O2. The van der Waals surface area contributed by atoms with E-state index in [1.165, 1.54) is 0 Å². The number of carbonyl (C=O) groups is 2. The van der Waals surface area contributed by atoms with Gasteiger partial charge in [-0.2, -0.15) is 0 Å². The molecule has 1 aromatic heterocycles. The van der Waals surface area contributed by atoms with Gasteiger partial charge in [-0.1, -0.05) is 18.2 Å². The summed E-state index contributed by atoms with van der Waals surface area (Å²) in [7, 11) is 0. The van der Waals surface area contributed by atoms with Crippen LogP contribution in [0, 0.1) is 12.8 Å². The second kappa shape index (κ2) is 6.60. The summed E-state index contributed by atoms with van der Waals surface area (Å²) >= 11 is 0. The number of carbonyl (C=O) groups excluding carboxylic acids is 2. The van der Waals surface area contributed by atoms with Crippen LogP contribution in [-0.2, 0) is 16.1 Å². The van der Waals surface area contributed by atoms with Gasteiger partial charge < -0.3 is 10.2 Å². The van der Waals surface area contributed by atoms with Crippen LogP contribution in [0.3, 0.4) is 0 Å². The Hall–Kier alpha value is -2.69. The molecule has 0 spiro atoms. The van der Waals surface area contributed by atoms with Gasteiger partial charge in [0.25, 0.3) is 0 Å². The van der Waals surface area contributed by atoms with E-state index in [-0.39, 0.29) is 11.8 Å². The van der Waals surface area contributed by atoms with Crippen LogP contribution in [0.1, 0.15) is 17.7 Å². The molecule has 118 valence electrons. The molecule has 1 aromatic carbocycles. The highest BCUT2D eigenvalue weighted by Gasteiger charge is 2.37. The second-order valence-electron chi connectivity index (χ2n) is 5.71. The monoisotopic (exact) mass is 309 g/mol. The number of aryl methyl sites for hydroxylation is 1. The first-order valence-corrected chi connectivity index (χ1v) is 7.71. The number of amides is 2. The quantitative estimate of drug-likeness (QED) is 0.879. The molecule has 1 aliphatic heterocycles. The molecule has 3 rings (SSSR count). The standard InChI is InChI=1S/C18H19N3O2/c1-13-5-4-7-15(11-13)21-10-8-16(18(21)23)17(22)20-12-14-6-2-3-9-19-14/h2-7,9,11,16H,8,10,12H2,1H3,(H,20,22)/t16-/m0/s1. The van der Waals surface area contributed by atoms with Crippen molar-refractivity contribution in [1.29, 1.82) is 0 Å². The van der Waals surface area contributed by atoms with E-state index in [4.69, 9.17) is 0 Å². The van der Waals surface area contributed by atoms with Crippen LogP contribution < -0.4 is 10.2 Å². The number of aromatic nitrogens is 1. The Morgan fingerprint density at radius 2 is 2.17 bits per heavy atom. The van der Waals surface area contributed by atoms with E-state index in [0.29, 0.717) is 19.5 Å². The highest BCUT2D eigenvalue weighted by atomic mass is 16.2. The minimum absolute atomic E-state index is 0.130. The average Bonchev–Trinajstić information content (AvgIpc) is 2.95. The Balaban J connectivity index is 1.63. The van der Waals surface area contributed by atoms with Gasteiger partial charge >= 0.3 is 0 Å². The lowest BCUT2D eigenvalue weighted by Gasteiger charge is -2.17. The Bertz CT molecular complexity index is 715.